The SMILES string of the molecule is CCCC(N)CC(=O)NC(C)C(C)C. The Hall–Kier alpha value is -0.570. The Morgan fingerprint density at radius 3 is 2.36 bits per heavy atom. The maximum atomic E-state index is 11.5. The quantitative estimate of drug-likeness (QED) is 0.685. The number of nitrogens with two attached hydrogens (primary N) is 1. The molecular weight excluding hydrogens is 176 g/mol. The molecule has 0 bridgehead atoms. The van der Waals surface area contributed by atoms with E-state index in [9.17, 15) is 4.79 Å². The van der Waals surface area contributed by atoms with Gasteiger partial charge in [0.1, 0.15) is 0 Å². The van der Waals surface area contributed by atoms with Gasteiger partial charge in [-0.3, -0.25) is 4.79 Å². The zero-order chi connectivity index (χ0) is 11.1. The topological polar surface area (TPSA) is 55.1 Å². The van der Waals surface area contributed by atoms with Crippen LogP contribution in [0.5, 0.6) is 0 Å². The third-order valence-electron chi connectivity index (χ3n) is 2.50. The lowest BCUT2D eigenvalue weighted by molar-refractivity contribution is -0.122. The first kappa shape index (κ1) is 13.4. The summed E-state index contributed by atoms with van der Waals surface area (Å²) in [5, 5.41) is 2.95. The largest absolute Gasteiger partial charge is 0.353 e. The van der Waals surface area contributed by atoms with Crippen LogP contribution in [0.25, 0.3) is 0 Å². The first-order valence-electron chi connectivity index (χ1n) is 5.52. The number of amides is 1. The molecular formula is C11H24N2O. The molecule has 0 aliphatic carbocycles. The van der Waals surface area contributed by atoms with Crippen molar-refractivity contribution in [2.75, 3.05) is 0 Å². The number of hydrogen-bond donors (Lipinski definition) is 2. The predicted molar refractivity (Wildman–Crippen MR) is 59.9 cm³/mol. The van der Waals surface area contributed by atoms with Crippen LogP contribution in [-0.2, 0) is 4.79 Å². The Morgan fingerprint density at radius 2 is 1.93 bits per heavy atom. The normalized spacial score (nSPS) is 15.3. The minimum absolute atomic E-state index is 0.0133. The molecule has 0 heterocycles. The number of hydrogen-bond acceptors (Lipinski definition) is 2. The Balaban J connectivity index is 3.75. The Morgan fingerprint density at radius 1 is 1.36 bits per heavy atom. The third kappa shape index (κ3) is 5.97. The predicted octanol–water partition coefficient (Wildman–Crippen LogP) is 1.66. The maximum absolute atomic E-state index is 11.5. The molecule has 3 nitrogen and oxygen atoms in total. The van der Waals surface area contributed by atoms with E-state index in [-0.39, 0.29) is 18.0 Å². The fourth-order valence-corrected chi connectivity index (χ4v) is 1.19. The second-order valence-corrected chi connectivity index (χ2v) is 4.35. The van der Waals surface area contributed by atoms with E-state index in [2.05, 4.69) is 26.1 Å². The molecule has 2 unspecified atom stereocenters. The summed E-state index contributed by atoms with van der Waals surface area (Å²) in [5.74, 6) is 0.550. The van der Waals surface area contributed by atoms with E-state index in [0.717, 1.165) is 12.8 Å². The molecule has 0 aromatic rings. The third-order valence-corrected chi connectivity index (χ3v) is 2.50. The van der Waals surface area contributed by atoms with Crippen molar-refractivity contribution in [3.63, 3.8) is 0 Å². The molecule has 14 heavy (non-hydrogen) atoms. The second kappa shape index (κ2) is 6.82. The average Bonchev–Trinajstić information content (AvgIpc) is 2.03. The Bertz CT molecular complexity index is 169. The number of carbonyl (C=O) groups is 1. The van der Waals surface area contributed by atoms with Gasteiger partial charge >= 0.3 is 0 Å². The van der Waals surface area contributed by atoms with Crippen molar-refractivity contribution in [2.45, 2.75) is 59.0 Å². The highest BCUT2D eigenvalue weighted by Gasteiger charge is 2.13. The van der Waals surface area contributed by atoms with Crippen LogP contribution in [0, 0.1) is 5.92 Å². The van der Waals surface area contributed by atoms with Crippen molar-refractivity contribution in [2.24, 2.45) is 11.7 Å². The van der Waals surface area contributed by atoms with Gasteiger partial charge in [-0.2, -0.15) is 0 Å². The summed E-state index contributed by atoms with van der Waals surface area (Å²) >= 11 is 0. The van der Waals surface area contributed by atoms with Gasteiger partial charge in [0.15, 0.2) is 0 Å². The molecule has 0 saturated carbocycles. The molecule has 0 aromatic carbocycles. The summed E-state index contributed by atoms with van der Waals surface area (Å²) in [7, 11) is 0. The molecule has 0 aliphatic rings. The monoisotopic (exact) mass is 200 g/mol. The number of carbonyl (C=O) groups excluding carboxylic acids is 1. The average molecular weight is 200 g/mol. The van der Waals surface area contributed by atoms with E-state index in [0.29, 0.717) is 12.3 Å². The Labute approximate surface area is 87.4 Å². The van der Waals surface area contributed by atoms with E-state index in [1.807, 2.05) is 6.92 Å². The molecule has 0 aliphatic heterocycles. The summed E-state index contributed by atoms with van der Waals surface area (Å²) in [4.78, 5) is 11.5. The van der Waals surface area contributed by atoms with Gasteiger partial charge in [0.05, 0.1) is 0 Å². The highest BCUT2D eigenvalue weighted by Crippen LogP contribution is 2.02. The van der Waals surface area contributed by atoms with Crippen LogP contribution in [0.2, 0.25) is 0 Å². The van der Waals surface area contributed by atoms with Crippen LogP contribution < -0.4 is 11.1 Å². The molecule has 0 rings (SSSR count). The van der Waals surface area contributed by atoms with Gasteiger partial charge in [-0.15, -0.1) is 0 Å². The fourth-order valence-electron chi connectivity index (χ4n) is 1.19. The molecule has 84 valence electrons. The van der Waals surface area contributed by atoms with Gasteiger partial charge in [-0.25, -0.2) is 0 Å². The van der Waals surface area contributed by atoms with E-state index in [4.69, 9.17) is 5.73 Å². The van der Waals surface area contributed by atoms with E-state index in [1.54, 1.807) is 0 Å². The van der Waals surface area contributed by atoms with Crippen molar-refractivity contribution < 1.29 is 4.79 Å². The summed E-state index contributed by atoms with van der Waals surface area (Å²) < 4.78 is 0. The molecule has 3 N–H and O–H groups in total. The fraction of sp³-hybridized carbons (Fsp3) is 0.909. The standard InChI is InChI=1S/C11H24N2O/c1-5-6-10(12)7-11(14)13-9(4)8(2)3/h8-10H,5-7,12H2,1-4H3,(H,13,14). The first-order chi connectivity index (χ1) is 6.47. The minimum atomic E-state index is 0.0133. The van der Waals surface area contributed by atoms with E-state index >= 15 is 0 Å². The second-order valence-electron chi connectivity index (χ2n) is 4.35. The summed E-state index contributed by atoms with van der Waals surface area (Å²) in [6, 6.07) is 0.246. The van der Waals surface area contributed by atoms with Crippen LogP contribution in [0.4, 0.5) is 0 Å². The molecule has 0 saturated heterocycles. The van der Waals surface area contributed by atoms with Crippen LogP contribution in [0.3, 0.4) is 0 Å². The summed E-state index contributed by atoms with van der Waals surface area (Å²) in [6.07, 6.45) is 2.41. The molecule has 0 fully saturated rings. The van der Waals surface area contributed by atoms with Gasteiger partial charge < -0.3 is 11.1 Å². The lowest BCUT2D eigenvalue weighted by Crippen LogP contribution is -2.39. The van der Waals surface area contributed by atoms with Crippen molar-refractivity contribution in [1.29, 1.82) is 0 Å². The lowest BCUT2D eigenvalue weighted by Gasteiger charge is -2.18. The van der Waals surface area contributed by atoms with Crippen LogP contribution >= 0.6 is 0 Å². The van der Waals surface area contributed by atoms with Crippen molar-refractivity contribution in [3.05, 3.63) is 0 Å². The van der Waals surface area contributed by atoms with Gasteiger partial charge in [0.2, 0.25) is 5.91 Å². The number of nitrogens with one attached hydrogen (secondary N) is 1. The zero-order valence-corrected chi connectivity index (χ0v) is 9.84. The van der Waals surface area contributed by atoms with Gasteiger partial charge in [0, 0.05) is 18.5 Å². The molecule has 2 atom stereocenters. The first-order valence-corrected chi connectivity index (χ1v) is 5.52. The maximum Gasteiger partial charge on any atom is 0.221 e. The summed E-state index contributed by atoms with van der Waals surface area (Å²) in [6.45, 7) is 8.29. The zero-order valence-electron chi connectivity index (χ0n) is 9.84. The molecule has 3 heteroatoms. The van der Waals surface area contributed by atoms with Gasteiger partial charge in [0.25, 0.3) is 0 Å². The summed E-state index contributed by atoms with van der Waals surface area (Å²) in [5.41, 5.74) is 5.78. The van der Waals surface area contributed by atoms with Gasteiger partial charge in [-0.1, -0.05) is 27.2 Å². The smallest absolute Gasteiger partial charge is 0.221 e. The van der Waals surface area contributed by atoms with Crippen molar-refractivity contribution >= 4 is 5.91 Å². The minimum Gasteiger partial charge on any atom is -0.353 e. The van der Waals surface area contributed by atoms with Crippen molar-refractivity contribution in [3.8, 4) is 0 Å². The van der Waals surface area contributed by atoms with Crippen LogP contribution in [0.1, 0.15) is 47.0 Å². The van der Waals surface area contributed by atoms with E-state index in [1.165, 1.54) is 0 Å². The molecule has 1 amide bonds. The highest BCUT2D eigenvalue weighted by atomic mass is 16.1. The van der Waals surface area contributed by atoms with Crippen LogP contribution in [0.15, 0.2) is 0 Å². The highest BCUT2D eigenvalue weighted by molar-refractivity contribution is 5.76. The molecule has 0 aromatic heterocycles. The van der Waals surface area contributed by atoms with Crippen molar-refractivity contribution in [1.82, 2.24) is 5.32 Å². The van der Waals surface area contributed by atoms with Crippen LogP contribution in [-0.4, -0.2) is 18.0 Å². The Kier molecular flexibility index (Phi) is 6.54. The molecule has 0 spiro atoms. The number of rotatable bonds is 6. The van der Waals surface area contributed by atoms with E-state index < -0.39 is 0 Å². The lowest BCUT2D eigenvalue weighted by atomic mass is 10.1. The molecule has 0 radical (unpaired) electrons. The van der Waals surface area contributed by atoms with Gasteiger partial charge in [-0.05, 0) is 19.3 Å².